The number of carbonyl (C=O) groups is 2. The standard InChI is InChI=1S/C17H29N5O3/c1-12-7-10-25-14(12)15(24)19-8-6-9-20-16(18-5)21-11-13(23)22-17(2,3)4/h7,10H,6,8-9,11H2,1-5H3,(H,19,24)(H,22,23)(H2,18,20,21). The summed E-state index contributed by atoms with van der Waals surface area (Å²) in [6.45, 7) is 8.87. The zero-order valence-electron chi connectivity index (χ0n) is 15.7. The van der Waals surface area contributed by atoms with Gasteiger partial charge in [0.05, 0.1) is 12.8 Å². The lowest BCUT2D eigenvalue weighted by Crippen LogP contribution is -2.48. The number of hydrogen-bond acceptors (Lipinski definition) is 4. The van der Waals surface area contributed by atoms with E-state index in [2.05, 4.69) is 26.3 Å². The predicted molar refractivity (Wildman–Crippen MR) is 97.7 cm³/mol. The number of hydrogen-bond donors (Lipinski definition) is 4. The topological polar surface area (TPSA) is 108 Å². The highest BCUT2D eigenvalue weighted by Gasteiger charge is 2.14. The predicted octanol–water partition coefficient (Wildman–Crippen LogP) is 0.788. The number of nitrogens with one attached hydrogen (secondary N) is 4. The molecule has 1 heterocycles. The molecule has 4 N–H and O–H groups in total. The van der Waals surface area contributed by atoms with Crippen LogP contribution in [0.15, 0.2) is 21.7 Å². The molecular weight excluding hydrogens is 322 g/mol. The Hall–Kier alpha value is -2.51. The molecule has 2 amide bonds. The normalized spacial score (nSPS) is 11.8. The molecule has 1 rings (SSSR count). The molecule has 0 aromatic carbocycles. The van der Waals surface area contributed by atoms with Crippen LogP contribution < -0.4 is 21.3 Å². The molecule has 0 unspecified atom stereocenters. The largest absolute Gasteiger partial charge is 0.459 e. The molecule has 1 aromatic rings. The summed E-state index contributed by atoms with van der Waals surface area (Å²) in [5.74, 6) is 0.563. The van der Waals surface area contributed by atoms with E-state index in [0.29, 0.717) is 31.2 Å². The molecule has 8 heteroatoms. The van der Waals surface area contributed by atoms with Crippen LogP contribution in [0.2, 0.25) is 0 Å². The Balaban J connectivity index is 2.20. The van der Waals surface area contributed by atoms with Gasteiger partial charge < -0.3 is 25.7 Å². The number of amides is 2. The summed E-state index contributed by atoms with van der Waals surface area (Å²) in [7, 11) is 1.64. The van der Waals surface area contributed by atoms with Crippen molar-refractivity contribution in [3.05, 3.63) is 23.7 Å². The van der Waals surface area contributed by atoms with Crippen LogP contribution in [0.25, 0.3) is 0 Å². The average Bonchev–Trinajstić information content (AvgIpc) is 2.94. The molecule has 0 aliphatic heterocycles. The van der Waals surface area contributed by atoms with Crippen LogP contribution >= 0.6 is 0 Å². The highest BCUT2D eigenvalue weighted by Crippen LogP contribution is 2.07. The van der Waals surface area contributed by atoms with Gasteiger partial charge in [-0.2, -0.15) is 0 Å². The SMILES string of the molecule is CN=C(NCCCNC(=O)c1occc1C)NCC(=O)NC(C)(C)C. The molecular formula is C17H29N5O3. The van der Waals surface area contributed by atoms with E-state index in [4.69, 9.17) is 4.42 Å². The second-order valence-electron chi connectivity index (χ2n) is 6.69. The summed E-state index contributed by atoms with van der Waals surface area (Å²) < 4.78 is 5.13. The van der Waals surface area contributed by atoms with Gasteiger partial charge in [-0.25, -0.2) is 0 Å². The Bertz CT molecular complexity index is 602. The number of rotatable bonds is 7. The van der Waals surface area contributed by atoms with Gasteiger partial charge in [-0.15, -0.1) is 0 Å². The van der Waals surface area contributed by atoms with Crippen LogP contribution in [0.3, 0.4) is 0 Å². The molecule has 140 valence electrons. The van der Waals surface area contributed by atoms with E-state index in [1.165, 1.54) is 6.26 Å². The first-order chi connectivity index (χ1) is 11.7. The molecule has 25 heavy (non-hydrogen) atoms. The Kier molecular flexibility index (Phi) is 7.97. The van der Waals surface area contributed by atoms with Gasteiger partial charge >= 0.3 is 0 Å². The first-order valence-corrected chi connectivity index (χ1v) is 8.31. The lowest BCUT2D eigenvalue weighted by molar-refractivity contribution is -0.121. The lowest BCUT2D eigenvalue weighted by Gasteiger charge is -2.21. The van der Waals surface area contributed by atoms with E-state index in [-0.39, 0.29) is 23.9 Å². The van der Waals surface area contributed by atoms with Crippen molar-refractivity contribution in [1.29, 1.82) is 0 Å². The van der Waals surface area contributed by atoms with Gasteiger partial charge in [0.15, 0.2) is 11.7 Å². The highest BCUT2D eigenvalue weighted by atomic mass is 16.3. The zero-order valence-corrected chi connectivity index (χ0v) is 15.7. The van der Waals surface area contributed by atoms with Gasteiger partial charge in [0, 0.05) is 31.2 Å². The maximum atomic E-state index is 11.9. The van der Waals surface area contributed by atoms with Crippen molar-refractivity contribution in [3.63, 3.8) is 0 Å². The van der Waals surface area contributed by atoms with E-state index in [1.807, 2.05) is 27.7 Å². The summed E-state index contributed by atoms with van der Waals surface area (Å²) in [5, 5.41) is 11.7. The molecule has 0 aliphatic rings. The molecule has 0 saturated heterocycles. The fraction of sp³-hybridized carbons (Fsp3) is 0.588. The Morgan fingerprint density at radius 2 is 1.84 bits per heavy atom. The Morgan fingerprint density at radius 3 is 2.40 bits per heavy atom. The summed E-state index contributed by atoms with van der Waals surface area (Å²) >= 11 is 0. The summed E-state index contributed by atoms with van der Waals surface area (Å²) in [6.07, 6.45) is 2.21. The van der Waals surface area contributed by atoms with Crippen LogP contribution in [0.1, 0.15) is 43.3 Å². The van der Waals surface area contributed by atoms with Crippen molar-refractivity contribution in [2.75, 3.05) is 26.7 Å². The number of aliphatic imine (C=N–C) groups is 1. The molecule has 0 saturated carbocycles. The van der Waals surface area contributed by atoms with Gasteiger partial charge in [-0.3, -0.25) is 14.6 Å². The molecule has 8 nitrogen and oxygen atoms in total. The number of carbonyl (C=O) groups excluding carboxylic acids is 2. The molecule has 0 bridgehead atoms. The van der Waals surface area contributed by atoms with E-state index in [0.717, 1.165) is 5.56 Å². The van der Waals surface area contributed by atoms with Crippen LogP contribution in [0.4, 0.5) is 0 Å². The van der Waals surface area contributed by atoms with Gasteiger partial charge in [0.2, 0.25) is 5.91 Å². The fourth-order valence-electron chi connectivity index (χ4n) is 2.03. The zero-order chi connectivity index (χ0) is 18.9. The average molecular weight is 351 g/mol. The molecule has 1 aromatic heterocycles. The van der Waals surface area contributed by atoms with Gasteiger partial charge in [-0.05, 0) is 40.2 Å². The second kappa shape index (κ2) is 9.71. The third-order valence-corrected chi connectivity index (χ3v) is 3.15. The monoisotopic (exact) mass is 351 g/mol. The third-order valence-electron chi connectivity index (χ3n) is 3.15. The van der Waals surface area contributed by atoms with Crippen molar-refractivity contribution < 1.29 is 14.0 Å². The van der Waals surface area contributed by atoms with Crippen molar-refractivity contribution in [2.45, 2.75) is 39.7 Å². The van der Waals surface area contributed by atoms with Crippen LogP contribution in [0, 0.1) is 6.92 Å². The summed E-state index contributed by atoms with van der Waals surface area (Å²) in [5.41, 5.74) is 0.550. The minimum Gasteiger partial charge on any atom is -0.459 e. The number of guanidine groups is 1. The van der Waals surface area contributed by atoms with Crippen molar-refractivity contribution >= 4 is 17.8 Å². The third kappa shape index (κ3) is 8.23. The van der Waals surface area contributed by atoms with Crippen LogP contribution in [-0.4, -0.2) is 50.0 Å². The number of nitrogens with zero attached hydrogens (tertiary/aromatic N) is 1. The molecule has 0 aliphatic carbocycles. The van der Waals surface area contributed by atoms with Crippen LogP contribution in [-0.2, 0) is 4.79 Å². The Morgan fingerprint density at radius 1 is 1.16 bits per heavy atom. The maximum absolute atomic E-state index is 11.9. The van der Waals surface area contributed by atoms with E-state index in [9.17, 15) is 9.59 Å². The van der Waals surface area contributed by atoms with Crippen molar-refractivity contribution in [3.8, 4) is 0 Å². The molecule has 0 fully saturated rings. The molecule has 0 atom stereocenters. The quantitative estimate of drug-likeness (QED) is 0.330. The van der Waals surface area contributed by atoms with Gasteiger partial charge in [-0.1, -0.05) is 0 Å². The first kappa shape index (κ1) is 20.5. The molecule has 0 spiro atoms. The van der Waals surface area contributed by atoms with Crippen molar-refractivity contribution in [1.82, 2.24) is 21.3 Å². The smallest absolute Gasteiger partial charge is 0.287 e. The van der Waals surface area contributed by atoms with Gasteiger partial charge in [0.1, 0.15) is 0 Å². The lowest BCUT2D eigenvalue weighted by atomic mass is 10.1. The highest BCUT2D eigenvalue weighted by molar-refractivity contribution is 5.92. The summed E-state index contributed by atoms with van der Waals surface area (Å²) in [6, 6.07) is 1.75. The fourth-order valence-corrected chi connectivity index (χ4v) is 2.03. The maximum Gasteiger partial charge on any atom is 0.287 e. The van der Waals surface area contributed by atoms with E-state index < -0.39 is 0 Å². The van der Waals surface area contributed by atoms with E-state index >= 15 is 0 Å². The minimum absolute atomic E-state index is 0.100. The van der Waals surface area contributed by atoms with Crippen LogP contribution in [0.5, 0.6) is 0 Å². The second-order valence-corrected chi connectivity index (χ2v) is 6.69. The van der Waals surface area contributed by atoms with Crippen molar-refractivity contribution in [2.24, 2.45) is 4.99 Å². The number of aryl methyl sites for hydroxylation is 1. The summed E-state index contributed by atoms with van der Waals surface area (Å²) in [4.78, 5) is 27.7. The Labute approximate surface area is 148 Å². The minimum atomic E-state index is -0.264. The first-order valence-electron chi connectivity index (χ1n) is 8.31. The number of furan rings is 1. The van der Waals surface area contributed by atoms with E-state index in [1.54, 1.807) is 13.1 Å². The van der Waals surface area contributed by atoms with Gasteiger partial charge in [0.25, 0.3) is 5.91 Å². The molecule has 0 radical (unpaired) electrons.